The van der Waals surface area contributed by atoms with Crippen LogP contribution in [-0.2, 0) is 0 Å². The zero-order chi connectivity index (χ0) is 37.7. The summed E-state index contributed by atoms with van der Waals surface area (Å²) in [4.78, 5) is 7.13. The molecule has 2 heterocycles. The van der Waals surface area contributed by atoms with Gasteiger partial charge in [-0.25, -0.2) is 4.98 Å². The van der Waals surface area contributed by atoms with Gasteiger partial charge in [-0.1, -0.05) is 140 Å². The predicted molar refractivity (Wildman–Crippen MR) is 235 cm³/mol. The van der Waals surface area contributed by atoms with Gasteiger partial charge in [0.15, 0.2) is 5.58 Å². The van der Waals surface area contributed by atoms with Crippen LogP contribution < -0.4 is 4.90 Å². The standard InChI is InChI=1S/C53H34N2O2/c1-3-10-35(11-4-1)37-20-26-43(27-21-37)55(44-28-22-38(23-29-44)42-19-18-36-12-7-8-15-41(36)32-42)45-30-24-39(25-31-45)46-16-9-17-47-48-33-49-51(34-50(48)56-52(46)47)57-53(54-49)40-13-5-2-6-14-40/h1-34H. The Morgan fingerprint density at radius 1 is 0.351 bits per heavy atom. The van der Waals surface area contributed by atoms with Crippen molar-refractivity contribution >= 4 is 60.9 Å². The van der Waals surface area contributed by atoms with Gasteiger partial charge in [-0.05, 0) is 99.3 Å². The lowest BCUT2D eigenvalue weighted by atomic mass is 10.00. The van der Waals surface area contributed by atoms with E-state index in [-0.39, 0.29) is 0 Å². The topological polar surface area (TPSA) is 42.4 Å². The summed E-state index contributed by atoms with van der Waals surface area (Å²) in [6.45, 7) is 0. The molecule has 4 nitrogen and oxygen atoms in total. The normalized spacial score (nSPS) is 11.5. The maximum absolute atomic E-state index is 6.60. The highest BCUT2D eigenvalue weighted by atomic mass is 16.4. The van der Waals surface area contributed by atoms with E-state index in [0.717, 1.165) is 61.2 Å². The summed E-state index contributed by atoms with van der Waals surface area (Å²) < 4.78 is 12.8. The number of aromatic nitrogens is 1. The molecule has 0 unspecified atom stereocenters. The molecular formula is C53H34N2O2. The number of rotatable bonds is 7. The van der Waals surface area contributed by atoms with Crippen LogP contribution in [0.15, 0.2) is 215 Å². The van der Waals surface area contributed by atoms with Gasteiger partial charge in [-0.2, -0.15) is 0 Å². The van der Waals surface area contributed by atoms with Crippen molar-refractivity contribution in [3.63, 3.8) is 0 Å². The Morgan fingerprint density at radius 3 is 1.60 bits per heavy atom. The molecule has 0 radical (unpaired) electrons. The minimum Gasteiger partial charge on any atom is -0.455 e. The first kappa shape index (κ1) is 32.7. The van der Waals surface area contributed by atoms with E-state index in [1.807, 2.05) is 36.4 Å². The second-order valence-corrected chi connectivity index (χ2v) is 14.4. The van der Waals surface area contributed by atoms with E-state index >= 15 is 0 Å². The van der Waals surface area contributed by atoms with E-state index < -0.39 is 0 Å². The van der Waals surface area contributed by atoms with Crippen molar-refractivity contribution in [2.24, 2.45) is 0 Å². The molecule has 57 heavy (non-hydrogen) atoms. The lowest BCUT2D eigenvalue weighted by molar-refractivity contribution is 0.617. The summed E-state index contributed by atoms with van der Waals surface area (Å²) in [5, 5.41) is 4.54. The Labute approximate surface area is 329 Å². The molecule has 0 bridgehead atoms. The quantitative estimate of drug-likeness (QED) is 0.164. The van der Waals surface area contributed by atoms with Gasteiger partial charge in [0, 0.05) is 45.0 Å². The second kappa shape index (κ2) is 13.6. The van der Waals surface area contributed by atoms with Crippen LogP contribution in [0.2, 0.25) is 0 Å². The molecule has 0 aliphatic carbocycles. The smallest absolute Gasteiger partial charge is 0.227 e. The van der Waals surface area contributed by atoms with Crippen molar-refractivity contribution in [1.82, 2.24) is 4.98 Å². The molecule has 0 aliphatic heterocycles. The molecule has 11 aromatic rings. The minimum absolute atomic E-state index is 0.602. The highest BCUT2D eigenvalue weighted by Crippen LogP contribution is 2.41. The molecule has 0 saturated carbocycles. The molecule has 268 valence electrons. The van der Waals surface area contributed by atoms with Crippen molar-refractivity contribution in [2.45, 2.75) is 0 Å². The summed E-state index contributed by atoms with van der Waals surface area (Å²) in [7, 11) is 0. The van der Waals surface area contributed by atoms with E-state index in [2.05, 4.69) is 175 Å². The van der Waals surface area contributed by atoms with Crippen LogP contribution in [0.1, 0.15) is 0 Å². The van der Waals surface area contributed by atoms with Gasteiger partial charge in [0.05, 0.1) is 0 Å². The van der Waals surface area contributed by atoms with Gasteiger partial charge in [-0.15, -0.1) is 0 Å². The monoisotopic (exact) mass is 730 g/mol. The van der Waals surface area contributed by atoms with Gasteiger partial charge in [0.2, 0.25) is 5.89 Å². The number of fused-ring (bicyclic) bond motifs is 5. The number of furan rings is 1. The highest BCUT2D eigenvalue weighted by Gasteiger charge is 2.18. The first-order valence-corrected chi connectivity index (χ1v) is 19.2. The molecule has 0 N–H and O–H groups in total. The van der Waals surface area contributed by atoms with Crippen molar-refractivity contribution in [1.29, 1.82) is 0 Å². The average molecular weight is 731 g/mol. The van der Waals surface area contributed by atoms with Gasteiger partial charge >= 0.3 is 0 Å². The van der Waals surface area contributed by atoms with Gasteiger partial charge in [0.25, 0.3) is 0 Å². The summed E-state index contributed by atoms with van der Waals surface area (Å²) in [6.07, 6.45) is 0. The zero-order valence-electron chi connectivity index (χ0n) is 30.8. The number of benzene rings is 9. The van der Waals surface area contributed by atoms with E-state index in [9.17, 15) is 0 Å². The Balaban J connectivity index is 0.960. The Kier molecular flexibility index (Phi) is 7.78. The largest absolute Gasteiger partial charge is 0.455 e. The lowest BCUT2D eigenvalue weighted by Crippen LogP contribution is -2.09. The first-order chi connectivity index (χ1) is 28.2. The van der Waals surface area contributed by atoms with E-state index in [0.29, 0.717) is 11.5 Å². The number of anilines is 3. The summed E-state index contributed by atoms with van der Waals surface area (Å²) in [6, 6.07) is 72.5. The number of hydrogen-bond acceptors (Lipinski definition) is 4. The molecule has 0 fully saturated rings. The van der Waals surface area contributed by atoms with E-state index in [1.54, 1.807) is 0 Å². The summed E-state index contributed by atoms with van der Waals surface area (Å²) in [5.41, 5.74) is 14.1. The third-order valence-corrected chi connectivity index (χ3v) is 10.9. The molecule has 0 amide bonds. The van der Waals surface area contributed by atoms with Gasteiger partial charge < -0.3 is 13.7 Å². The fourth-order valence-corrected chi connectivity index (χ4v) is 7.99. The number of hydrogen-bond donors (Lipinski definition) is 0. The third-order valence-electron chi connectivity index (χ3n) is 10.9. The second-order valence-electron chi connectivity index (χ2n) is 14.4. The number of oxazole rings is 1. The van der Waals surface area contributed by atoms with E-state index in [1.165, 1.54) is 33.0 Å². The maximum atomic E-state index is 6.60. The van der Waals surface area contributed by atoms with Crippen molar-refractivity contribution < 1.29 is 8.83 Å². The lowest BCUT2D eigenvalue weighted by Gasteiger charge is -2.26. The third kappa shape index (κ3) is 5.92. The van der Waals surface area contributed by atoms with Crippen LogP contribution in [0.5, 0.6) is 0 Å². The molecular weight excluding hydrogens is 697 g/mol. The Hall–Kier alpha value is -7.69. The number of para-hydroxylation sites is 1. The number of nitrogens with zero attached hydrogens (tertiary/aromatic N) is 2. The van der Waals surface area contributed by atoms with Crippen molar-refractivity contribution in [3.05, 3.63) is 206 Å². The Bertz CT molecular complexity index is 3200. The molecule has 11 rings (SSSR count). The molecule has 0 saturated heterocycles. The Morgan fingerprint density at radius 2 is 0.912 bits per heavy atom. The molecule has 4 heteroatoms. The average Bonchev–Trinajstić information content (AvgIpc) is 3.87. The fraction of sp³-hybridized carbons (Fsp3) is 0. The minimum atomic E-state index is 0.602. The first-order valence-electron chi connectivity index (χ1n) is 19.2. The van der Waals surface area contributed by atoms with Crippen molar-refractivity contribution in [3.8, 4) is 44.8 Å². The highest BCUT2D eigenvalue weighted by molar-refractivity contribution is 6.12. The molecule has 0 spiro atoms. The van der Waals surface area contributed by atoms with Crippen LogP contribution >= 0.6 is 0 Å². The van der Waals surface area contributed by atoms with Gasteiger partial charge in [0.1, 0.15) is 16.7 Å². The van der Waals surface area contributed by atoms with Crippen LogP contribution in [0.25, 0.3) is 88.6 Å². The zero-order valence-corrected chi connectivity index (χ0v) is 30.8. The van der Waals surface area contributed by atoms with Crippen LogP contribution in [0.4, 0.5) is 17.1 Å². The van der Waals surface area contributed by atoms with Crippen LogP contribution in [0.3, 0.4) is 0 Å². The SMILES string of the molecule is c1ccc(-c2ccc(N(c3ccc(-c4ccc5ccccc5c4)cc3)c3ccc(-c4cccc5c4oc4cc6oc(-c7ccccc7)nc6cc45)cc3)cc2)cc1. The van der Waals surface area contributed by atoms with Crippen LogP contribution in [0, 0.1) is 0 Å². The molecule has 2 aromatic heterocycles. The molecule has 9 aromatic carbocycles. The summed E-state index contributed by atoms with van der Waals surface area (Å²) in [5.74, 6) is 0.602. The fourth-order valence-electron chi connectivity index (χ4n) is 7.99. The molecule has 0 aliphatic rings. The summed E-state index contributed by atoms with van der Waals surface area (Å²) >= 11 is 0. The maximum Gasteiger partial charge on any atom is 0.227 e. The molecule has 0 atom stereocenters. The van der Waals surface area contributed by atoms with E-state index in [4.69, 9.17) is 13.8 Å². The van der Waals surface area contributed by atoms with Crippen molar-refractivity contribution in [2.75, 3.05) is 4.90 Å². The predicted octanol–water partition coefficient (Wildman–Crippen LogP) is 15.0. The van der Waals surface area contributed by atoms with Crippen LogP contribution in [-0.4, -0.2) is 4.98 Å². The van der Waals surface area contributed by atoms with Gasteiger partial charge in [-0.3, -0.25) is 0 Å².